The van der Waals surface area contributed by atoms with Crippen LogP contribution in [0.2, 0.25) is 0 Å². The Labute approximate surface area is 105 Å². The summed E-state index contributed by atoms with van der Waals surface area (Å²) in [4.78, 5) is 4.54. The second kappa shape index (κ2) is 5.67. The summed E-state index contributed by atoms with van der Waals surface area (Å²) >= 11 is 0. The van der Waals surface area contributed by atoms with Crippen molar-refractivity contribution >= 4 is 0 Å². The van der Waals surface area contributed by atoms with Crippen LogP contribution in [0.4, 0.5) is 0 Å². The fourth-order valence-electron chi connectivity index (χ4n) is 2.63. The molecule has 0 bridgehead atoms. The third-order valence-electron chi connectivity index (χ3n) is 3.80. The summed E-state index contributed by atoms with van der Waals surface area (Å²) in [5, 5.41) is 3.58. The van der Waals surface area contributed by atoms with Crippen LogP contribution in [-0.4, -0.2) is 22.6 Å². The van der Waals surface area contributed by atoms with Crippen LogP contribution < -0.4 is 5.32 Å². The Morgan fingerprint density at radius 2 is 2.29 bits per heavy atom. The number of aromatic nitrogens is 2. The molecule has 0 amide bonds. The molecule has 2 rings (SSSR count). The van der Waals surface area contributed by atoms with E-state index in [9.17, 15) is 0 Å². The maximum Gasteiger partial charge on any atom is 0.112 e. The van der Waals surface area contributed by atoms with Gasteiger partial charge in [-0.1, -0.05) is 13.8 Å². The Kier molecular flexibility index (Phi) is 4.21. The standard InChI is InChI=1S/C14H25N3/c1-4-17-8-7-16-14(17)13-6-5-12(13)10-15-9-11(2)3/h7-8,11-13,15H,4-6,9-10H2,1-3H3. The lowest BCUT2D eigenvalue weighted by molar-refractivity contribution is 0.229. The first kappa shape index (κ1) is 12.6. The maximum absolute atomic E-state index is 4.54. The SMILES string of the molecule is CCn1ccnc1C1CCC1CNCC(C)C. The van der Waals surface area contributed by atoms with Crippen molar-refractivity contribution in [3.63, 3.8) is 0 Å². The minimum atomic E-state index is 0.685. The molecule has 3 heteroatoms. The van der Waals surface area contributed by atoms with Crippen molar-refractivity contribution in [3.8, 4) is 0 Å². The number of hydrogen-bond donors (Lipinski definition) is 1. The molecule has 1 saturated carbocycles. The van der Waals surface area contributed by atoms with Gasteiger partial charge >= 0.3 is 0 Å². The van der Waals surface area contributed by atoms with Gasteiger partial charge in [-0.3, -0.25) is 0 Å². The molecule has 0 saturated heterocycles. The summed E-state index contributed by atoms with van der Waals surface area (Å²) in [5.74, 6) is 3.52. The zero-order valence-corrected chi connectivity index (χ0v) is 11.3. The van der Waals surface area contributed by atoms with Crippen LogP contribution in [-0.2, 0) is 6.54 Å². The molecule has 0 spiro atoms. The molecule has 1 N–H and O–H groups in total. The van der Waals surface area contributed by atoms with E-state index in [0.29, 0.717) is 5.92 Å². The fraction of sp³-hybridized carbons (Fsp3) is 0.786. The highest BCUT2D eigenvalue weighted by atomic mass is 15.1. The molecule has 17 heavy (non-hydrogen) atoms. The molecule has 1 heterocycles. The van der Waals surface area contributed by atoms with Gasteiger partial charge in [0.15, 0.2) is 0 Å². The number of hydrogen-bond acceptors (Lipinski definition) is 2. The van der Waals surface area contributed by atoms with Crippen molar-refractivity contribution in [2.75, 3.05) is 13.1 Å². The fourth-order valence-corrected chi connectivity index (χ4v) is 2.63. The van der Waals surface area contributed by atoms with Crippen LogP contribution in [0.25, 0.3) is 0 Å². The molecule has 3 nitrogen and oxygen atoms in total. The first-order chi connectivity index (χ1) is 8.22. The van der Waals surface area contributed by atoms with E-state index in [4.69, 9.17) is 0 Å². The lowest BCUT2D eigenvalue weighted by Gasteiger charge is -2.36. The van der Waals surface area contributed by atoms with Gasteiger partial charge in [0.05, 0.1) is 0 Å². The zero-order chi connectivity index (χ0) is 12.3. The first-order valence-electron chi connectivity index (χ1n) is 6.94. The average molecular weight is 235 g/mol. The van der Waals surface area contributed by atoms with E-state index in [0.717, 1.165) is 31.5 Å². The topological polar surface area (TPSA) is 29.9 Å². The summed E-state index contributed by atoms with van der Waals surface area (Å²) in [6, 6.07) is 0. The molecular weight excluding hydrogens is 210 g/mol. The lowest BCUT2D eigenvalue weighted by atomic mass is 9.73. The van der Waals surface area contributed by atoms with Gasteiger partial charge < -0.3 is 9.88 Å². The summed E-state index contributed by atoms with van der Waals surface area (Å²) in [6.07, 6.45) is 6.71. The molecule has 1 aliphatic carbocycles. The van der Waals surface area contributed by atoms with E-state index < -0.39 is 0 Å². The number of nitrogens with one attached hydrogen (secondary N) is 1. The van der Waals surface area contributed by atoms with Crippen molar-refractivity contribution in [1.82, 2.24) is 14.9 Å². The van der Waals surface area contributed by atoms with Crippen LogP contribution >= 0.6 is 0 Å². The first-order valence-corrected chi connectivity index (χ1v) is 6.94. The van der Waals surface area contributed by atoms with Gasteiger partial charge in [-0.2, -0.15) is 0 Å². The normalized spacial score (nSPS) is 24.0. The Balaban J connectivity index is 1.86. The third-order valence-corrected chi connectivity index (χ3v) is 3.80. The lowest BCUT2D eigenvalue weighted by Crippen LogP contribution is -2.36. The minimum Gasteiger partial charge on any atom is -0.335 e. The Morgan fingerprint density at radius 1 is 1.47 bits per heavy atom. The molecule has 1 aromatic heterocycles. The second-order valence-corrected chi connectivity index (χ2v) is 5.57. The van der Waals surface area contributed by atoms with Gasteiger partial charge in [0.2, 0.25) is 0 Å². The summed E-state index contributed by atoms with van der Waals surface area (Å²) < 4.78 is 2.29. The maximum atomic E-state index is 4.54. The Morgan fingerprint density at radius 3 is 2.88 bits per heavy atom. The predicted octanol–water partition coefficient (Wildman–Crippen LogP) is 2.64. The molecule has 1 fully saturated rings. The van der Waals surface area contributed by atoms with Gasteiger partial charge in [0.25, 0.3) is 0 Å². The molecule has 0 aromatic carbocycles. The van der Waals surface area contributed by atoms with Gasteiger partial charge in [0, 0.05) is 24.9 Å². The Hall–Kier alpha value is -0.830. The Bertz CT molecular complexity index is 343. The van der Waals surface area contributed by atoms with Crippen LogP contribution in [0.15, 0.2) is 12.4 Å². The van der Waals surface area contributed by atoms with E-state index in [1.54, 1.807) is 0 Å². The van der Waals surface area contributed by atoms with Crippen molar-refractivity contribution in [2.24, 2.45) is 11.8 Å². The second-order valence-electron chi connectivity index (χ2n) is 5.57. The van der Waals surface area contributed by atoms with E-state index >= 15 is 0 Å². The largest absolute Gasteiger partial charge is 0.335 e. The molecule has 1 aliphatic rings. The number of aryl methyl sites for hydroxylation is 1. The van der Waals surface area contributed by atoms with E-state index in [1.807, 2.05) is 6.20 Å². The van der Waals surface area contributed by atoms with Crippen molar-refractivity contribution in [3.05, 3.63) is 18.2 Å². The highest BCUT2D eigenvalue weighted by Crippen LogP contribution is 2.41. The molecule has 96 valence electrons. The zero-order valence-electron chi connectivity index (χ0n) is 11.3. The summed E-state index contributed by atoms with van der Waals surface area (Å²) in [6.45, 7) is 10.0. The molecule has 0 radical (unpaired) electrons. The van der Waals surface area contributed by atoms with Crippen LogP contribution in [0.5, 0.6) is 0 Å². The van der Waals surface area contributed by atoms with Crippen molar-refractivity contribution < 1.29 is 0 Å². The average Bonchev–Trinajstić information content (AvgIpc) is 2.70. The van der Waals surface area contributed by atoms with Crippen molar-refractivity contribution in [1.29, 1.82) is 0 Å². The monoisotopic (exact) mass is 235 g/mol. The van der Waals surface area contributed by atoms with Gasteiger partial charge in [0.1, 0.15) is 5.82 Å². The highest BCUT2D eigenvalue weighted by Gasteiger charge is 2.34. The summed E-state index contributed by atoms with van der Waals surface area (Å²) in [5.41, 5.74) is 0. The smallest absolute Gasteiger partial charge is 0.112 e. The number of rotatable bonds is 6. The summed E-state index contributed by atoms with van der Waals surface area (Å²) in [7, 11) is 0. The predicted molar refractivity (Wildman–Crippen MR) is 71.1 cm³/mol. The van der Waals surface area contributed by atoms with Crippen molar-refractivity contribution in [2.45, 2.75) is 46.1 Å². The molecule has 0 aliphatic heterocycles. The van der Waals surface area contributed by atoms with Gasteiger partial charge in [-0.25, -0.2) is 4.98 Å². The number of imidazole rings is 1. The number of nitrogens with zero attached hydrogens (tertiary/aromatic N) is 2. The van der Waals surface area contributed by atoms with Gasteiger partial charge in [-0.05, 0) is 44.7 Å². The molecule has 1 aromatic rings. The van der Waals surface area contributed by atoms with Crippen LogP contribution in [0.1, 0.15) is 45.4 Å². The molecule has 2 unspecified atom stereocenters. The van der Waals surface area contributed by atoms with Crippen LogP contribution in [0, 0.1) is 11.8 Å². The highest BCUT2D eigenvalue weighted by molar-refractivity contribution is 5.07. The van der Waals surface area contributed by atoms with E-state index in [-0.39, 0.29) is 0 Å². The van der Waals surface area contributed by atoms with Crippen LogP contribution in [0.3, 0.4) is 0 Å². The molecule has 2 atom stereocenters. The van der Waals surface area contributed by atoms with E-state index in [1.165, 1.54) is 18.7 Å². The quantitative estimate of drug-likeness (QED) is 0.821. The minimum absolute atomic E-state index is 0.685. The molecular formula is C14H25N3. The van der Waals surface area contributed by atoms with E-state index in [2.05, 4.69) is 41.8 Å². The third kappa shape index (κ3) is 2.89. The van der Waals surface area contributed by atoms with Gasteiger partial charge in [-0.15, -0.1) is 0 Å².